The number of esters is 1. The third-order valence-electron chi connectivity index (χ3n) is 1.97. The lowest BCUT2D eigenvalue weighted by molar-refractivity contribution is 0.0589. The Hall–Kier alpha value is -1.96. The second kappa shape index (κ2) is 3.89. The van der Waals surface area contributed by atoms with Gasteiger partial charge in [-0.25, -0.2) is 14.2 Å². The highest BCUT2D eigenvalue weighted by Gasteiger charge is 2.24. The Morgan fingerprint density at radius 3 is 2.75 bits per heavy atom. The highest BCUT2D eigenvalue weighted by Crippen LogP contribution is 2.23. The van der Waals surface area contributed by atoms with Crippen LogP contribution in [0, 0.1) is 0 Å². The lowest BCUT2D eigenvalue weighted by Crippen LogP contribution is -2.17. The van der Waals surface area contributed by atoms with Crippen molar-refractivity contribution >= 4 is 33.8 Å². The van der Waals surface area contributed by atoms with Gasteiger partial charge in [-0.2, -0.15) is 0 Å². The molecule has 2 aromatic heterocycles. The molecule has 0 aromatic carbocycles. The Bertz CT molecular complexity index is 559. The predicted molar refractivity (Wildman–Crippen MR) is 54.5 cm³/mol. The summed E-state index contributed by atoms with van der Waals surface area (Å²) in [6, 6.07) is 0. The Kier molecular flexibility index (Phi) is 2.57. The third-order valence-corrected chi connectivity index (χ3v) is 2.72. The number of hydrogen-bond acceptors (Lipinski definition) is 7. The summed E-state index contributed by atoms with van der Waals surface area (Å²) in [4.78, 5) is 22.9. The van der Waals surface area contributed by atoms with Crippen LogP contribution >= 0.6 is 11.5 Å². The van der Waals surface area contributed by atoms with Crippen LogP contribution in [0.5, 0.6) is 0 Å². The first-order chi connectivity index (χ1) is 7.69. The van der Waals surface area contributed by atoms with E-state index in [0.29, 0.717) is 10.2 Å². The second-order valence-electron chi connectivity index (χ2n) is 2.80. The van der Waals surface area contributed by atoms with Crippen LogP contribution in [0.4, 0.5) is 4.79 Å². The smallest absolute Gasteiger partial charge is 0.418 e. The molecule has 0 radical (unpaired) electrons. The van der Waals surface area contributed by atoms with Gasteiger partial charge in [-0.3, -0.25) is 0 Å². The van der Waals surface area contributed by atoms with Crippen molar-refractivity contribution in [3.8, 4) is 0 Å². The summed E-state index contributed by atoms with van der Waals surface area (Å²) in [7, 11) is 2.46. The zero-order valence-electron chi connectivity index (χ0n) is 8.46. The van der Waals surface area contributed by atoms with Crippen LogP contribution in [-0.2, 0) is 9.47 Å². The molecule has 8 heteroatoms. The molecule has 16 heavy (non-hydrogen) atoms. The number of aromatic nitrogens is 3. The first-order valence-corrected chi connectivity index (χ1v) is 4.96. The minimum atomic E-state index is -0.675. The molecular formula is C8H7N3O4S. The number of fused-ring (bicyclic) bond motifs is 1. The molecule has 0 fully saturated rings. The molecule has 0 bridgehead atoms. The summed E-state index contributed by atoms with van der Waals surface area (Å²) < 4.78 is 14.4. The Morgan fingerprint density at radius 2 is 2.12 bits per heavy atom. The summed E-state index contributed by atoms with van der Waals surface area (Å²) in [5, 5.41) is 3.77. The van der Waals surface area contributed by atoms with E-state index in [1.165, 1.54) is 20.4 Å². The first kappa shape index (κ1) is 10.6. The Labute approximate surface area is 93.7 Å². The normalized spacial score (nSPS) is 10.4. The van der Waals surface area contributed by atoms with Gasteiger partial charge in [-0.15, -0.1) is 5.10 Å². The quantitative estimate of drug-likeness (QED) is 0.689. The monoisotopic (exact) mass is 241 g/mol. The van der Waals surface area contributed by atoms with E-state index >= 15 is 0 Å². The average molecular weight is 241 g/mol. The predicted octanol–water partition coefficient (Wildman–Crippen LogP) is 0.894. The molecule has 0 saturated heterocycles. The molecule has 84 valence electrons. The van der Waals surface area contributed by atoms with Gasteiger partial charge in [0.2, 0.25) is 0 Å². The molecule has 0 aliphatic heterocycles. The van der Waals surface area contributed by atoms with Crippen molar-refractivity contribution in [1.82, 2.24) is 14.2 Å². The van der Waals surface area contributed by atoms with Crippen LogP contribution in [0.1, 0.15) is 10.5 Å². The van der Waals surface area contributed by atoms with Crippen molar-refractivity contribution in [3.05, 3.63) is 11.9 Å². The van der Waals surface area contributed by atoms with Crippen LogP contribution in [0.15, 0.2) is 6.20 Å². The van der Waals surface area contributed by atoms with Crippen molar-refractivity contribution in [1.29, 1.82) is 0 Å². The maximum Gasteiger partial charge on any atom is 0.418 e. The van der Waals surface area contributed by atoms with Crippen LogP contribution in [0.25, 0.3) is 10.2 Å². The summed E-state index contributed by atoms with van der Waals surface area (Å²) >= 11 is 1.02. The van der Waals surface area contributed by atoms with E-state index < -0.39 is 12.1 Å². The topological polar surface area (TPSA) is 83.3 Å². The van der Waals surface area contributed by atoms with Gasteiger partial charge in [0, 0.05) is 6.20 Å². The molecule has 0 aliphatic carbocycles. The highest BCUT2D eigenvalue weighted by atomic mass is 32.1. The molecule has 0 amide bonds. The minimum absolute atomic E-state index is 0.0827. The molecule has 0 saturated carbocycles. The molecule has 7 nitrogen and oxygen atoms in total. The van der Waals surface area contributed by atoms with Gasteiger partial charge in [0.25, 0.3) is 0 Å². The molecule has 0 aliphatic rings. The van der Waals surface area contributed by atoms with Crippen molar-refractivity contribution in [3.63, 3.8) is 0 Å². The number of nitrogens with zero attached hydrogens (tertiary/aromatic N) is 3. The molecule has 2 heterocycles. The average Bonchev–Trinajstić information content (AvgIpc) is 2.86. The van der Waals surface area contributed by atoms with E-state index in [9.17, 15) is 9.59 Å². The lowest BCUT2D eigenvalue weighted by atomic mass is 10.4. The molecule has 2 rings (SSSR count). The SMILES string of the molecule is COC(=O)c1c2snnc2cn1C(=O)OC. The van der Waals surface area contributed by atoms with E-state index in [1.54, 1.807) is 0 Å². The molecular weight excluding hydrogens is 234 g/mol. The number of carbonyl (C=O) groups is 2. The van der Waals surface area contributed by atoms with Gasteiger partial charge < -0.3 is 9.47 Å². The summed E-state index contributed by atoms with van der Waals surface area (Å²) in [6.45, 7) is 0. The fourth-order valence-electron chi connectivity index (χ4n) is 1.27. The van der Waals surface area contributed by atoms with Gasteiger partial charge in [-0.05, 0) is 11.5 Å². The zero-order valence-corrected chi connectivity index (χ0v) is 9.28. The van der Waals surface area contributed by atoms with Crippen molar-refractivity contribution in [2.75, 3.05) is 14.2 Å². The number of rotatable bonds is 1. The zero-order chi connectivity index (χ0) is 11.7. The standard InChI is InChI=1S/C8H7N3O4S/c1-14-7(12)5-6-4(9-10-16-6)3-11(5)8(13)15-2/h3H,1-2H3. The van der Waals surface area contributed by atoms with Gasteiger partial charge in [0.15, 0.2) is 5.69 Å². The first-order valence-electron chi connectivity index (χ1n) is 4.19. The molecule has 2 aromatic rings. The number of hydrogen-bond donors (Lipinski definition) is 0. The van der Waals surface area contributed by atoms with E-state index in [2.05, 4.69) is 19.1 Å². The van der Waals surface area contributed by atoms with Gasteiger partial charge in [0.05, 0.1) is 14.2 Å². The molecule has 0 N–H and O–H groups in total. The summed E-state index contributed by atoms with van der Waals surface area (Å²) in [5.41, 5.74) is 0.537. The number of methoxy groups -OCH3 is 2. The van der Waals surface area contributed by atoms with Gasteiger partial charge in [-0.1, -0.05) is 4.49 Å². The Balaban J connectivity index is 2.67. The number of carbonyl (C=O) groups excluding carboxylic acids is 2. The summed E-state index contributed by atoms with van der Waals surface area (Å²) in [5.74, 6) is -0.633. The summed E-state index contributed by atoms with van der Waals surface area (Å²) in [6.07, 6.45) is 0.710. The van der Waals surface area contributed by atoms with Crippen molar-refractivity contribution in [2.45, 2.75) is 0 Å². The Morgan fingerprint density at radius 1 is 1.38 bits per heavy atom. The van der Waals surface area contributed by atoms with Gasteiger partial charge >= 0.3 is 12.1 Å². The van der Waals surface area contributed by atoms with E-state index in [4.69, 9.17) is 0 Å². The molecule has 0 atom stereocenters. The number of ether oxygens (including phenoxy) is 2. The van der Waals surface area contributed by atoms with Crippen LogP contribution in [0.2, 0.25) is 0 Å². The largest absolute Gasteiger partial charge is 0.464 e. The minimum Gasteiger partial charge on any atom is -0.464 e. The second-order valence-corrected chi connectivity index (χ2v) is 3.55. The third kappa shape index (κ3) is 1.43. The van der Waals surface area contributed by atoms with Crippen LogP contribution in [0.3, 0.4) is 0 Å². The van der Waals surface area contributed by atoms with Gasteiger partial charge in [0.1, 0.15) is 10.2 Å². The van der Waals surface area contributed by atoms with Crippen LogP contribution in [-0.4, -0.2) is 40.4 Å². The molecule has 0 spiro atoms. The maximum absolute atomic E-state index is 11.5. The lowest BCUT2D eigenvalue weighted by Gasteiger charge is -2.03. The molecule has 0 unspecified atom stereocenters. The van der Waals surface area contributed by atoms with E-state index in [1.807, 2.05) is 0 Å². The maximum atomic E-state index is 11.5. The van der Waals surface area contributed by atoms with Crippen molar-refractivity contribution < 1.29 is 19.1 Å². The fraction of sp³-hybridized carbons (Fsp3) is 0.250. The van der Waals surface area contributed by atoms with E-state index in [0.717, 1.165) is 16.1 Å². The van der Waals surface area contributed by atoms with Crippen LogP contribution < -0.4 is 0 Å². The van der Waals surface area contributed by atoms with Crippen molar-refractivity contribution in [2.24, 2.45) is 0 Å². The van der Waals surface area contributed by atoms with E-state index in [-0.39, 0.29) is 5.69 Å². The highest BCUT2D eigenvalue weighted by molar-refractivity contribution is 7.13. The fourth-order valence-corrected chi connectivity index (χ4v) is 1.94.